The molecule has 0 unspecified atom stereocenters. The quantitative estimate of drug-likeness (QED) is 0.358. The highest BCUT2D eigenvalue weighted by Gasteiger charge is 2.37. The van der Waals surface area contributed by atoms with Crippen molar-refractivity contribution >= 4 is 43.2 Å². The van der Waals surface area contributed by atoms with E-state index in [4.69, 9.17) is 20.9 Å². The van der Waals surface area contributed by atoms with Crippen LogP contribution in [0.3, 0.4) is 0 Å². The number of aromatic nitrogens is 1. The zero-order chi connectivity index (χ0) is 31.0. The monoisotopic (exact) mass is 640 g/mol. The van der Waals surface area contributed by atoms with E-state index >= 15 is 0 Å². The van der Waals surface area contributed by atoms with E-state index in [2.05, 4.69) is 9.88 Å². The van der Waals surface area contributed by atoms with Gasteiger partial charge in [0, 0.05) is 30.2 Å². The van der Waals surface area contributed by atoms with Gasteiger partial charge in [0.25, 0.3) is 15.9 Å². The molecule has 2 aromatic carbocycles. The summed E-state index contributed by atoms with van der Waals surface area (Å²) in [7, 11) is -6.57. The van der Waals surface area contributed by atoms with Gasteiger partial charge in [-0.3, -0.25) is 9.52 Å². The molecule has 3 atom stereocenters. The number of benzene rings is 2. The minimum absolute atomic E-state index is 0.0202. The Balaban J connectivity index is 1.69. The van der Waals surface area contributed by atoms with Crippen LogP contribution < -0.4 is 9.46 Å². The average molecular weight is 641 g/mol. The molecule has 12 nitrogen and oxygen atoms in total. The van der Waals surface area contributed by atoms with Gasteiger partial charge < -0.3 is 19.3 Å². The summed E-state index contributed by atoms with van der Waals surface area (Å²) in [5.74, 6) is -0.523. The molecule has 42 heavy (non-hydrogen) atoms. The van der Waals surface area contributed by atoms with Crippen LogP contribution in [0.4, 0.5) is 5.69 Å². The number of aliphatic hydroxyl groups is 1. The van der Waals surface area contributed by atoms with Crippen LogP contribution in [-0.2, 0) is 20.0 Å². The molecule has 0 bridgehead atoms. The second-order valence-electron chi connectivity index (χ2n) is 10.3. The Morgan fingerprint density at radius 2 is 1.83 bits per heavy atom. The molecule has 1 aliphatic heterocycles. The molecule has 0 aliphatic carbocycles. The number of amides is 1. The predicted octanol–water partition coefficient (Wildman–Crippen LogP) is 3.29. The molecule has 1 aliphatic rings. The van der Waals surface area contributed by atoms with Crippen LogP contribution in [0, 0.1) is 19.8 Å². The zero-order valence-corrected chi connectivity index (χ0v) is 26.1. The van der Waals surface area contributed by atoms with Crippen molar-refractivity contribution in [2.24, 2.45) is 5.92 Å². The lowest BCUT2D eigenvalue weighted by Gasteiger charge is -2.38. The van der Waals surface area contributed by atoms with E-state index in [1.165, 1.54) is 61.3 Å². The SMILES string of the molecule is Cc1noc(C)c1S(=O)(=O)N(C)C[C@@H]1Oc2ccc(NS(=O)(=O)c3ccc(Cl)cc3)cc2C(=O)N([C@H](C)CO)C[C@@H]1C. The average Bonchev–Trinajstić information content (AvgIpc) is 3.28. The van der Waals surface area contributed by atoms with Crippen molar-refractivity contribution in [3.63, 3.8) is 0 Å². The first kappa shape index (κ1) is 31.8. The molecule has 2 heterocycles. The minimum atomic E-state index is -4.01. The second-order valence-corrected chi connectivity index (χ2v) is 14.4. The Kier molecular flexibility index (Phi) is 9.23. The minimum Gasteiger partial charge on any atom is -0.488 e. The molecular weight excluding hydrogens is 608 g/mol. The van der Waals surface area contributed by atoms with E-state index in [0.717, 1.165) is 4.31 Å². The number of rotatable bonds is 9. The lowest BCUT2D eigenvalue weighted by atomic mass is 9.99. The Morgan fingerprint density at radius 3 is 2.43 bits per heavy atom. The summed E-state index contributed by atoms with van der Waals surface area (Å²) in [5, 5.41) is 14.0. The van der Waals surface area contributed by atoms with Gasteiger partial charge in [0.15, 0.2) is 5.76 Å². The third-order valence-electron chi connectivity index (χ3n) is 7.11. The van der Waals surface area contributed by atoms with Gasteiger partial charge in [0.2, 0.25) is 10.0 Å². The number of aryl methyl sites for hydroxylation is 2. The van der Waals surface area contributed by atoms with E-state index in [-0.39, 0.29) is 63.9 Å². The normalized spacial score (nSPS) is 18.7. The number of anilines is 1. The van der Waals surface area contributed by atoms with Gasteiger partial charge in [-0.2, -0.15) is 4.31 Å². The standard InChI is InChI=1S/C27H33ClN4O8S2/c1-16-13-32(17(2)15-33)27(34)23-12-21(30-41(35,36)22-9-6-20(28)7-10-22)8-11-24(23)39-25(16)14-31(5)42(37,38)26-18(3)29-40-19(26)4/h6-12,16-17,25,30,33H,13-15H2,1-5H3/t16-,17+,25-/m0/s1. The Labute approximate surface area is 250 Å². The van der Waals surface area contributed by atoms with Crippen molar-refractivity contribution in [1.82, 2.24) is 14.4 Å². The first-order chi connectivity index (χ1) is 19.6. The van der Waals surface area contributed by atoms with Crippen LogP contribution in [0.2, 0.25) is 5.02 Å². The molecule has 4 rings (SSSR count). The van der Waals surface area contributed by atoms with Gasteiger partial charge in [0.05, 0.1) is 29.7 Å². The molecule has 0 saturated carbocycles. The van der Waals surface area contributed by atoms with Crippen molar-refractivity contribution in [2.75, 3.05) is 31.5 Å². The van der Waals surface area contributed by atoms with Crippen molar-refractivity contribution in [3.8, 4) is 5.75 Å². The number of fused-ring (bicyclic) bond motifs is 1. The summed E-state index contributed by atoms with van der Waals surface area (Å²) in [6.45, 7) is 6.32. The maximum atomic E-state index is 13.7. The smallest absolute Gasteiger partial charge is 0.261 e. The molecule has 0 spiro atoms. The number of aliphatic hydroxyl groups excluding tert-OH is 1. The molecule has 0 radical (unpaired) electrons. The highest BCUT2D eigenvalue weighted by molar-refractivity contribution is 7.92. The van der Waals surface area contributed by atoms with Crippen LogP contribution in [0.25, 0.3) is 0 Å². The van der Waals surface area contributed by atoms with E-state index in [9.17, 15) is 26.7 Å². The lowest BCUT2D eigenvalue weighted by molar-refractivity contribution is 0.0387. The zero-order valence-electron chi connectivity index (χ0n) is 23.7. The van der Waals surface area contributed by atoms with E-state index in [0.29, 0.717) is 5.02 Å². The topological polar surface area (TPSA) is 159 Å². The fourth-order valence-corrected chi connectivity index (χ4v) is 7.32. The van der Waals surface area contributed by atoms with Crippen molar-refractivity contribution in [1.29, 1.82) is 0 Å². The number of hydrogen-bond acceptors (Lipinski definition) is 9. The number of carbonyl (C=O) groups is 1. The van der Waals surface area contributed by atoms with Crippen molar-refractivity contribution < 1.29 is 36.0 Å². The number of sulfonamides is 2. The number of ether oxygens (including phenoxy) is 1. The highest BCUT2D eigenvalue weighted by Crippen LogP contribution is 2.32. The second kappa shape index (κ2) is 12.2. The van der Waals surface area contributed by atoms with E-state index in [1.54, 1.807) is 13.8 Å². The number of hydrogen-bond donors (Lipinski definition) is 2. The van der Waals surface area contributed by atoms with Crippen LogP contribution in [0.1, 0.15) is 35.7 Å². The summed E-state index contributed by atoms with van der Waals surface area (Å²) in [5.41, 5.74) is 0.402. The van der Waals surface area contributed by atoms with E-state index in [1.807, 2.05) is 6.92 Å². The Hall–Kier alpha value is -3.17. The Morgan fingerprint density at radius 1 is 1.17 bits per heavy atom. The number of nitrogens with zero attached hydrogens (tertiary/aromatic N) is 3. The largest absolute Gasteiger partial charge is 0.488 e. The lowest BCUT2D eigenvalue weighted by Crippen LogP contribution is -2.50. The van der Waals surface area contributed by atoms with E-state index < -0.39 is 38.1 Å². The van der Waals surface area contributed by atoms with Crippen LogP contribution in [-0.4, -0.2) is 81.1 Å². The first-order valence-electron chi connectivity index (χ1n) is 13.1. The van der Waals surface area contributed by atoms with Crippen LogP contribution in [0.15, 0.2) is 56.8 Å². The van der Waals surface area contributed by atoms with Crippen molar-refractivity contribution in [3.05, 3.63) is 64.5 Å². The Bertz CT molecular complexity index is 1660. The molecule has 0 saturated heterocycles. The molecule has 2 N–H and O–H groups in total. The van der Waals surface area contributed by atoms with Gasteiger partial charge in [-0.05, 0) is 63.2 Å². The third-order valence-corrected chi connectivity index (χ3v) is 10.8. The maximum absolute atomic E-state index is 13.7. The molecular formula is C27H33ClN4O8S2. The van der Waals surface area contributed by atoms with Gasteiger partial charge >= 0.3 is 0 Å². The molecule has 1 aromatic heterocycles. The summed E-state index contributed by atoms with van der Waals surface area (Å²) >= 11 is 5.88. The predicted molar refractivity (Wildman–Crippen MR) is 156 cm³/mol. The van der Waals surface area contributed by atoms with Gasteiger partial charge in [-0.1, -0.05) is 23.7 Å². The highest BCUT2D eigenvalue weighted by atomic mass is 35.5. The number of nitrogens with one attached hydrogen (secondary N) is 1. The molecule has 15 heteroatoms. The van der Waals surface area contributed by atoms with Gasteiger partial charge in [-0.15, -0.1) is 0 Å². The summed E-state index contributed by atoms with van der Waals surface area (Å²) in [4.78, 5) is 15.1. The molecule has 1 amide bonds. The fraction of sp³-hybridized carbons (Fsp3) is 0.407. The molecule has 3 aromatic rings. The number of carbonyl (C=O) groups excluding carboxylic acids is 1. The van der Waals surface area contributed by atoms with Gasteiger partial charge in [0.1, 0.15) is 22.4 Å². The first-order valence-corrected chi connectivity index (χ1v) is 16.4. The van der Waals surface area contributed by atoms with Gasteiger partial charge in [-0.25, -0.2) is 16.8 Å². The van der Waals surface area contributed by atoms with Crippen LogP contribution in [0.5, 0.6) is 5.75 Å². The third kappa shape index (κ3) is 6.42. The van der Waals surface area contributed by atoms with Crippen LogP contribution >= 0.6 is 11.6 Å². The molecule has 228 valence electrons. The maximum Gasteiger partial charge on any atom is 0.261 e. The summed E-state index contributed by atoms with van der Waals surface area (Å²) < 4.78 is 67.7. The molecule has 0 fully saturated rings. The fourth-order valence-electron chi connectivity index (χ4n) is 4.68. The number of likely N-dealkylation sites (N-methyl/N-ethyl adjacent to an activating group) is 1. The number of halogens is 1. The van der Waals surface area contributed by atoms with Crippen molar-refractivity contribution in [2.45, 2.75) is 49.6 Å². The summed E-state index contributed by atoms with van der Waals surface area (Å²) in [6, 6.07) is 9.31. The summed E-state index contributed by atoms with van der Waals surface area (Å²) in [6.07, 6.45) is -0.720.